The van der Waals surface area contributed by atoms with Crippen LogP contribution in [0.2, 0.25) is 0 Å². The Hall–Kier alpha value is -2.88. The van der Waals surface area contributed by atoms with E-state index in [9.17, 15) is 9.59 Å². The molecule has 140 valence electrons. The summed E-state index contributed by atoms with van der Waals surface area (Å²) in [6.07, 6.45) is 1.69. The van der Waals surface area contributed by atoms with Gasteiger partial charge in [-0.15, -0.1) is 11.3 Å². The van der Waals surface area contributed by atoms with Crippen LogP contribution in [0.3, 0.4) is 0 Å². The molecule has 6 nitrogen and oxygen atoms in total. The van der Waals surface area contributed by atoms with Crippen LogP contribution in [-0.2, 0) is 4.79 Å². The average Bonchev–Trinajstić information content (AvgIpc) is 3.43. The molecule has 0 saturated heterocycles. The van der Waals surface area contributed by atoms with Gasteiger partial charge in [-0.1, -0.05) is 11.3 Å². The summed E-state index contributed by atoms with van der Waals surface area (Å²) < 4.78 is 5.42. The highest BCUT2D eigenvalue weighted by Gasteiger charge is 2.15. The Balaban J connectivity index is 1.43. The van der Waals surface area contributed by atoms with Crippen LogP contribution < -0.4 is 10.1 Å². The zero-order valence-corrected chi connectivity index (χ0v) is 17.0. The number of thiazole rings is 2. The van der Waals surface area contributed by atoms with Gasteiger partial charge in [0, 0.05) is 29.4 Å². The van der Waals surface area contributed by atoms with E-state index >= 15 is 0 Å². The minimum absolute atomic E-state index is 0.160. The molecule has 3 heterocycles. The number of esters is 1. The Morgan fingerprint density at radius 1 is 1.07 bits per heavy atom. The number of carbonyl (C=O) groups is 2. The molecular formula is C19H13N3O3S3. The fourth-order valence-corrected chi connectivity index (χ4v) is 4.72. The SMILES string of the molecule is CC(=O)Nc1ncc(-c2ccc(OC(=O)c3csc(-c4ccsc4)n3)cc2)s1. The molecule has 0 spiro atoms. The molecule has 0 bridgehead atoms. The molecule has 0 aliphatic rings. The number of hydrogen-bond acceptors (Lipinski definition) is 8. The van der Waals surface area contributed by atoms with Crippen molar-refractivity contribution >= 4 is 51.0 Å². The van der Waals surface area contributed by atoms with Crippen molar-refractivity contribution in [2.24, 2.45) is 0 Å². The molecule has 3 aromatic heterocycles. The minimum atomic E-state index is -0.490. The van der Waals surface area contributed by atoms with E-state index in [4.69, 9.17) is 4.74 Å². The van der Waals surface area contributed by atoms with Crippen molar-refractivity contribution < 1.29 is 14.3 Å². The molecular weight excluding hydrogens is 414 g/mol. The van der Waals surface area contributed by atoms with Gasteiger partial charge in [-0.2, -0.15) is 11.3 Å². The van der Waals surface area contributed by atoms with Crippen LogP contribution in [0, 0.1) is 0 Å². The summed E-state index contributed by atoms with van der Waals surface area (Å²) in [5, 5.41) is 9.66. The highest BCUT2D eigenvalue weighted by molar-refractivity contribution is 7.19. The van der Waals surface area contributed by atoms with Crippen molar-refractivity contribution in [3.8, 4) is 26.8 Å². The average molecular weight is 428 g/mol. The lowest BCUT2D eigenvalue weighted by molar-refractivity contribution is -0.114. The van der Waals surface area contributed by atoms with Gasteiger partial charge in [0.2, 0.25) is 5.91 Å². The minimum Gasteiger partial charge on any atom is -0.422 e. The second-order valence-electron chi connectivity index (χ2n) is 5.67. The molecule has 0 unspecified atom stereocenters. The highest BCUT2D eigenvalue weighted by atomic mass is 32.1. The van der Waals surface area contributed by atoms with Crippen molar-refractivity contribution in [1.82, 2.24) is 9.97 Å². The second kappa shape index (κ2) is 8.01. The maximum atomic E-state index is 12.3. The predicted molar refractivity (Wildman–Crippen MR) is 112 cm³/mol. The zero-order chi connectivity index (χ0) is 19.5. The molecule has 0 aliphatic carbocycles. The van der Waals surface area contributed by atoms with Crippen molar-refractivity contribution in [2.45, 2.75) is 6.92 Å². The van der Waals surface area contributed by atoms with Crippen molar-refractivity contribution in [2.75, 3.05) is 5.32 Å². The van der Waals surface area contributed by atoms with E-state index in [-0.39, 0.29) is 11.6 Å². The summed E-state index contributed by atoms with van der Waals surface area (Å²) in [6.45, 7) is 1.44. The molecule has 0 radical (unpaired) electrons. The summed E-state index contributed by atoms with van der Waals surface area (Å²) in [6, 6.07) is 9.08. The lowest BCUT2D eigenvalue weighted by Crippen LogP contribution is -2.08. The molecule has 1 amide bonds. The first-order chi connectivity index (χ1) is 13.6. The Morgan fingerprint density at radius 2 is 1.89 bits per heavy atom. The summed E-state index contributed by atoms with van der Waals surface area (Å²) in [5.74, 6) is -0.214. The van der Waals surface area contributed by atoms with E-state index < -0.39 is 5.97 Å². The molecule has 0 aliphatic heterocycles. The van der Waals surface area contributed by atoms with Crippen LogP contribution in [0.4, 0.5) is 5.13 Å². The summed E-state index contributed by atoms with van der Waals surface area (Å²) in [7, 11) is 0. The number of carbonyl (C=O) groups excluding carboxylic acids is 2. The summed E-state index contributed by atoms with van der Waals surface area (Å²) >= 11 is 4.37. The van der Waals surface area contributed by atoms with Crippen LogP contribution in [0.5, 0.6) is 5.75 Å². The molecule has 0 atom stereocenters. The van der Waals surface area contributed by atoms with E-state index in [0.717, 1.165) is 21.0 Å². The maximum Gasteiger partial charge on any atom is 0.363 e. The van der Waals surface area contributed by atoms with Crippen LogP contribution in [-0.4, -0.2) is 21.8 Å². The molecule has 4 rings (SSSR count). The number of ether oxygens (including phenoxy) is 1. The number of aromatic nitrogens is 2. The van der Waals surface area contributed by atoms with Crippen LogP contribution >= 0.6 is 34.0 Å². The largest absolute Gasteiger partial charge is 0.422 e. The van der Waals surface area contributed by atoms with Gasteiger partial charge in [-0.25, -0.2) is 14.8 Å². The first-order valence-corrected chi connectivity index (χ1v) is 10.8. The fraction of sp³-hybridized carbons (Fsp3) is 0.0526. The fourth-order valence-electron chi connectivity index (χ4n) is 2.35. The Labute approximate surface area is 172 Å². The monoisotopic (exact) mass is 427 g/mol. The predicted octanol–water partition coefficient (Wildman–Crippen LogP) is 5.17. The molecule has 1 N–H and O–H groups in total. The van der Waals surface area contributed by atoms with Crippen LogP contribution in [0.15, 0.2) is 52.7 Å². The van der Waals surface area contributed by atoms with Gasteiger partial charge in [-0.05, 0) is 41.3 Å². The van der Waals surface area contributed by atoms with Gasteiger partial charge in [0.25, 0.3) is 0 Å². The third-order valence-corrected chi connectivity index (χ3v) is 6.16. The molecule has 0 saturated carbocycles. The molecule has 0 fully saturated rings. The number of nitrogens with zero attached hydrogens (tertiary/aromatic N) is 2. The summed E-state index contributed by atoms with van der Waals surface area (Å²) in [4.78, 5) is 32.8. The van der Waals surface area contributed by atoms with Gasteiger partial charge >= 0.3 is 5.97 Å². The van der Waals surface area contributed by atoms with Crippen molar-refractivity contribution in [3.63, 3.8) is 0 Å². The number of thiophene rings is 1. The Bertz CT molecular complexity index is 1110. The molecule has 9 heteroatoms. The van der Waals surface area contributed by atoms with Gasteiger partial charge in [-0.3, -0.25) is 4.79 Å². The van der Waals surface area contributed by atoms with E-state index in [1.54, 1.807) is 35.0 Å². The molecule has 4 aromatic rings. The Kier molecular flexibility index (Phi) is 5.29. The number of benzene rings is 1. The number of anilines is 1. The topological polar surface area (TPSA) is 81.2 Å². The molecule has 1 aromatic carbocycles. The maximum absolute atomic E-state index is 12.3. The van der Waals surface area contributed by atoms with E-state index in [2.05, 4.69) is 15.3 Å². The second-order valence-corrected chi connectivity index (χ2v) is 8.34. The summed E-state index contributed by atoms with van der Waals surface area (Å²) in [5.41, 5.74) is 2.21. The third-order valence-electron chi connectivity index (χ3n) is 3.62. The Morgan fingerprint density at radius 3 is 2.61 bits per heavy atom. The van der Waals surface area contributed by atoms with E-state index in [1.807, 2.05) is 29.0 Å². The smallest absolute Gasteiger partial charge is 0.363 e. The highest BCUT2D eigenvalue weighted by Crippen LogP contribution is 2.30. The van der Waals surface area contributed by atoms with E-state index in [1.165, 1.54) is 29.6 Å². The van der Waals surface area contributed by atoms with Gasteiger partial charge in [0.15, 0.2) is 10.8 Å². The zero-order valence-electron chi connectivity index (χ0n) is 14.5. The third kappa shape index (κ3) is 4.16. The number of amides is 1. The van der Waals surface area contributed by atoms with Crippen molar-refractivity contribution in [1.29, 1.82) is 0 Å². The van der Waals surface area contributed by atoms with Crippen LogP contribution in [0.25, 0.3) is 21.0 Å². The van der Waals surface area contributed by atoms with Gasteiger partial charge < -0.3 is 10.1 Å². The lowest BCUT2D eigenvalue weighted by atomic mass is 10.2. The van der Waals surface area contributed by atoms with E-state index in [0.29, 0.717) is 10.9 Å². The lowest BCUT2D eigenvalue weighted by Gasteiger charge is -2.03. The number of nitrogens with one attached hydrogen (secondary N) is 1. The van der Waals surface area contributed by atoms with Crippen LogP contribution in [0.1, 0.15) is 17.4 Å². The standard InChI is InChI=1S/C19H13N3O3S3/c1-11(23)21-19-20-8-16(28-19)12-2-4-14(5-3-12)25-18(24)15-10-27-17(22-15)13-6-7-26-9-13/h2-10H,1H3,(H,20,21,23). The van der Waals surface area contributed by atoms with Crippen molar-refractivity contribution in [3.05, 3.63) is 58.4 Å². The van der Waals surface area contributed by atoms with Gasteiger partial charge in [0.1, 0.15) is 10.8 Å². The normalized spacial score (nSPS) is 10.6. The first kappa shape index (κ1) is 18.5. The van der Waals surface area contributed by atoms with Gasteiger partial charge in [0.05, 0.1) is 4.88 Å². The quantitative estimate of drug-likeness (QED) is 0.351. The molecule has 28 heavy (non-hydrogen) atoms. The number of rotatable bonds is 5. The first-order valence-electron chi connectivity index (χ1n) is 8.12. The number of hydrogen-bond donors (Lipinski definition) is 1.